The van der Waals surface area contributed by atoms with Crippen molar-refractivity contribution in [2.75, 3.05) is 6.54 Å². The van der Waals surface area contributed by atoms with Gasteiger partial charge in [0.15, 0.2) is 0 Å². The van der Waals surface area contributed by atoms with Gasteiger partial charge in [-0.05, 0) is 32.7 Å². The largest absolute Gasteiger partial charge is 0.302 e. The summed E-state index contributed by atoms with van der Waals surface area (Å²) < 4.78 is 0. The summed E-state index contributed by atoms with van der Waals surface area (Å²) in [5, 5.41) is 11.6. The third-order valence-corrected chi connectivity index (χ3v) is 1.59. The molecule has 1 N–H and O–H groups in total. The first-order valence-electron chi connectivity index (χ1n) is 4.59. The highest BCUT2D eigenvalue weighted by molar-refractivity contribution is 4.85. The highest BCUT2D eigenvalue weighted by Gasteiger charge is 1.94. The van der Waals surface area contributed by atoms with Gasteiger partial charge in [-0.2, -0.15) is 5.26 Å². The van der Waals surface area contributed by atoms with Crippen molar-refractivity contribution in [1.29, 1.82) is 5.26 Å². The van der Waals surface area contributed by atoms with Crippen molar-refractivity contribution in [3.8, 4) is 6.07 Å². The molecule has 2 heteroatoms. The summed E-state index contributed by atoms with van der Waals surface area (Å²) in [6, 6.07) is 2.12. The molecule has 0 radical (unpaired) electrons. The van der Waals surface area contributed by atoms with E-state index < -0.39 is 0 Å². The molecule has 0 fully saturated rings. The monoisotopic (exact) mass is 166 g/mol. The van der Waals surface area contributed by atoms with E-state index in [0.717, 1.165) is 25.8 Å². The molecular weight excluding hydrogens is 148 g/mol. The van der Waals surface area contributed by atoms with Crippen molar-refractivity contribution >= 4 is 0 Å². The highest BCUT2D eigenvalue weighted by Crippen LogP contribution is 1.91. The van der Waals surface area contributed by atoms with Gasteiger partial charge in [-0.15, -0.1) is 0 Å². The minimum Gasteiger partial charge on any atom is -0.302 e. The maximum Gasteiger partial charge on any atom is 0.0924 e. The molecule has 0 bridgehead atoms. The van der Waals surface area contributed by atoms with Crippen molar-refractivity contribution in [3.63, 3.8) is 0 Å². The van der Waals surface area contributed by atoms with Crippen LogP contribution in [0, 0.1) is 11.3 Å². The van der Waals surface area contributed by atoms with E-state index in [9.17, 15) is 0 Å². The molecule has 0 rings (SSSR count). The van der Waals surface area contributed by atoms with Gasteiger partial charge >= 0.3 is 0 Å². The standard InChI is InChI=1S/C10H18N2/c1-3-4-5-6-7-8-12-10(2)9-11/h4-5,10,12H,3,6-8H2,1-2H3/b5-4+. The van der Waals surface area contributed by atoms with Gasteiger partial charge < -0.3 is 5.32 Å². The van der Waals surface area contributed by atoms with Crippen LogP contribution in [0.1, 0.15) is 33.1 Å². The Morgan fingerprint density at radius 3 is 2.83 bits per heavy atom. The van der Waals surface area contributed by atoms with Crippen LogP contribution >= 0.6 is 0 Å². The zero-order valence-corrected chi connectivity index (χ0v) is 8.01. The molecule has 0 heterocycles. The predicted octanol–water partition coefficient (Wildman–Crippen LogP) is 2.23. The Morgan fingerprint density at radius 2 is 2.25 bits per heavy atom. The zero-order chi connectivity index (χ0) is 9.23. The van der Waals surface area contributed by atoms with Crippen LogP contribution < -0.4 is 5.32 Å². The second-order valence-electron chi connectivity index (χ2n) is 2.83. The maximum atomic E-state index is 8.45. The second kappa shape index (κ2) is 8.29. The SMILES string of the molecule is CC/C=C/CCCNC(C)C#N. The first-order valence-corrected chi connectivity index (χ1v) is 4.59. The summed E-state index contributed by atoms with van der Waals surface area (Å²) in [4.78, 5) is 0. The van der Waals surface area contributed by atoms with Crippen molar-refractivity contribution < 1.29 is 0 Å². The molecule has 0 aromatic carbocycles. The molecule has 0 aliphatic rings. The van der Waals surface area contributed by atoms with E-state index in [1.165, 1.54) is 0 Å². The Bertz CT molecular complexity index is 156. The number of nitriles is 1. The number of hydrogen-bond donors (Lipinski definition) is 1. The van der Waals surface area contributed by atoms with Crippen LogP contribution in [-0.4, -0.2) is 12.6 Å². The predicted molar refractivity (Wildman–Crippen MR) is 51.7 cm³/mol. The van der Waals surface area contributed by atoms with Gasteiger partial charge in [0, 0.05) is 0 Å². The topological polar surface area (TPSA) is 35.8 Å². The molecule has 0 aromatic heterocycles. The quantitative estimate of drug-likeness (QED) is 0.485. The lowest BCUT2D eigenvalue weighted by molar-refractivity contribution is 0.617. The van der Waals surface area contributed by atoms with Crippen LogP contribution in [0.4, 0.5) is 0 Å². The third kappa shape index (κ3) is 7.30. The lowest BCUT2D eigenvalue weighted by atomic mass is 10.2. The summed E-state index contributed by atoms with van der Waals surface area (Å²) >= 11 is 0. The van der Waals surface area contributed by atoms with Crippen molar-refractivity contribution in [2.45, 2.75) is 39.2 Å². The van der Waals surface area contributed by atoms with Crippen molar-refractivity contribution in [2.24, 2.45) is 0 Å². The fourth-order valence-electron chi connectivity index (χ4n) is 0.869. The molecule has 12 heavy (non-hydrogen) atoms. The number of rotatable bonds is 6. The Kier molecular flexibility index (Phi) is 7.73. The first-order chi connectivity index (χ1) is 5.81. The van der Waals surface area contributed by atoms with Gasteiger partial charge in [0.25, 0.3) is 0 Å². The summed E-state index contributed by atoms with van der Waals surface area (Å²) in [5.41, 5.74) is 0. The van der Waals surface area contributed by atoms with Gasteiger partial charge in [0.05, 0.1) is 12.1 Å². The fourth-order valence-corrected chi connectivity index (χ4v) is 0.869. The minimum absolute atomic E-state index is 0.0137. The number of nitrogens with zero attached hydrogens (tertiary/aromatic N) is 1. The zero-order valence-electron chi connectivity index (χ0n) is 8.01. The molecule has 0 amide bonds. The van der Waals surface area contributed by atoms with Crippen LogP contribution in [0.5, 0.6) is 0 Å². The normalized spacial score (nSPS) is 13.1. The van der Waals surface area contributed by atoms with Gasteiger partial charge in [-0.1, -0.05) is 19.1 Å². The average molecular weight is 166 g/mol. The van der Waals surface area contributed by atoms with Gasteiger partial charge in [-0.25, -0.2) is 0 Å². The molecule has 0 saturated carbocycles. The summed E-state index contributed by atoms with van der Waals surface area (Å²) in [6.07, 6.45) is 7.70. The van der Waals surface area contributed by atoms with Gasteiger partial charge in [-0.3, -0.25) is 0 Å². The molecule has 2 nitrogen and oxygen atoms in total. The Hall–Kier alpha value is -0.810. The number of unbranched alkanes of at least 4 members (excludes halogenated alkanes) is 1. The third-order valence-electron chi connectivity index (χ3n) is 1.59. The van der Waals surface area contributed by atoms with E-state index in [1.54, 1.807) is 0 Å². The van der Waals surface area contributed by atoms with Crippen LogP contribution in [0.3, 0.4) is 0 Å². The van der Waals surface area contributed by atoms with Crippen LogP contribution in [0.2, 0.25) is 0 Å². The molecule has 0 aliphatic heterocycles. The molecule has 68 valence electrons. The second-order valence-corrected chi connectivity index (χ2v) is 2.83. The maximum absolute atomic E-state index is 8.45. The van der Waals surface area contributed by atoms with E-state index in [-0.39, 0.29) is 6.04 Å². The van der Waals surface area contributed by atoms with E-state index in [0.29, 0.717) is 0 Å². The molecule has 0 spiro atoms. The Balaban J connectivity index is 3.12. The van der Waals surface area contributed by atoms with Gasteiger partial charge in [0.2, 0.25) is 0 Å². The number of allylic oxidation sites excluding steroid dienone is 2. The highest BCUT2D eigenvalue weighted by atomic mass is 14.9. The van der Waals surface area contributed by atoms with E-state index in [2.05, 4.69) is 30.5 Å². The van der Waals surface area contributed by atoms with Crippen molar-refractivity contribution in [3.05, 3.63) is 12.2 Å². The summed E-state index contributed by atoms with van der Waals surface area (Å²) in [7, 11) is 0. The molecule has 1 unspecified atom stereocenters. The molecule has 0 aromatic rings. The number of hydrogen-bond acceptors (Lipinski definition) is 2. The Morgan fingerprint density at radius 1 is 1.50 bits per heavy atom. The van der Waals surface area contributed by atoms with Crippen molar-refractivity contribution in [1.82, 2.24) is 5.32 Å². The Labute approximate surface area is 75.3 Å². The van der Waals surface area contributed by atoms with E-state index in [1.807, 2.05) is 6.92 Å². The summed E-state index contributed by atoms with van der Waals surface area (Å²) in [5.74, 6) is 0. The van der Waals surface area contributed by atoms with E-state index in [4.69, 9.17) is 5.26 Å². The summed E-state index contributed by atoms with van der Waals surface area (Å²) in [6.45, 7) is 4.94. The van der Waals surface area contributed by atoms with Crippen LogP contribution in [-0.2, 0) is 0 Å². The van der Waals surface area contributed by atoms with Crippen LogP contribution in [0.15, 0.2) is 12.2 Å². The smallest absolute Gasteiger partial charge is 0.0924 e. The lowest BCUT2D eigenvalue weighted by Crippen LogP contribution is -2.24. The molecular formula is C10H18N2. The first kappa shape index (κ1) is 11.2. The molecule has 0 saturated heterocycles. The van der Waals surface area contributed by atoms with Crippen LogP contribution in [0.25, 0.3) is 0 Å². The van der Waals surface area contributed by atoms with Gasteiger partial charge in [0.1, 0.15) is 0 Å². The fraction of sp³-hybridized carbons (Fsp3) is 0.700. The molecule has 0 aliphatic carbocycles. The minimum atomic E-state index is -0.0137. The molecule has 1 atom stereocenters. The number of nitrogens with one attached hydrogen (secondary N) is 1. The van der Waals surface area contributed by atoms with E-state index >= 15 is 0 Å². The average Bonchev–Trinajstić information content (AvgIpc) is 2.10. The lowest BCUT2D eigenvalue weighted by Gasteiger charge is -2.03.